The van der Waals surface area contributed by atoms with Crippen LogP contribution < -0.4 is 0 Å². The van der Waals surface area contributed by atoms with Crippen LogP contribution in [0.15, 0.2) is 38.3 Å². The third kappa shape index (κ3) is 2.42. The van der Waals surface area contributed by atoms with Crippen LogP contribution >= 0.6 is 31.9 Å². The normalized spacial score (nSPS) is 31.4. The van der Waals surface area contributed by atoms with Crippen molar-refractivity contribution in [1.29, 1.82) is 0 Å². The number of allylic oxidation sites excluding steroid dienone is 2. The molecule has 1 heterocycles. The molecule has 0 aromatic heterocycles. The molecule has 124 valence electrons. The maximum atomic E-state index is 12.7. The van der Waals surface area contributed by atoms with Crippen molar-refractivity contribution >= 4 is 49.9 Å². The first-order valence-corrected chi connectivity index (χ1v) is 9.61. The van der Waals surface area contributed by atoms with Crippen molar-refractivity contribution in [2.45, 2.75) is 19.8 Å². The minimum absolute atomic E-state index is 0.148. The quantitative estimate of drug-likeness (QED) is 0.387. The summed E-state index contributed by atoms with van der Waals surface area (Å²) in [4.78, 5) is 25.4. The summed E-state index contributed by atoms with van der Waals surface area (Å²) in [7, 11) is 0. The Morgan fingerprint density at radius 3 is 2.00 bits per heavy atom. The Balaban J connectivity index is 1.62. The number of nitrogens with zero attached hydrogens (tertiary/aromatic N) is 2. The topological polar surface area (TPSA) is 49.7 Å². The molecule has 4 atom stereocenters. The third-order valence-electron chi connectivity index (χ3n) is 5.36. The van der Waals surface area contributed by atoms with Crippen molar-refractivity contribution in [2.24, 2.45) is 28.8 Å². The van der Waals surface area contributed by atoms with Crippen molar-refractivity contribution in [3.63, 3.8) is 0 Å². The first kappa shape index (κ1) is 16.2. The smallest absolute Gasteiger partial charge is 0.254 e. The summed E-state index contributed by atoms with van der Waals surface area (Å²) in [6.45, 7) is 2.00. The number of halogens is 2. The van der Waals surface area contributed by atoms with Gasteiger partial charge in [0, 0.05) is 8.95 Å². The lowest BCUT2D eigenvalue weighted by Gasteiger charge is -2.37. The number of carbonyl (C=O) groups is 2. The zero-order valence-corrected chi connectivity index (χ0v) is 16.2. The van der Waals surface area contributed by atoms with Gasteiger partial charge < -0.3 is 0 Å². The molecule has 5 rings (SSSR count). The van der Waals surface area contributed by atoms with Gasteiger partial charge in [0.2, 0.25) is 0 Å². The number of rotatable bonds is 2. The number of fused-ring (bicyclic) bond motifs is 1. The molecule has 0 radical (unpaired) electrons. The van der Waals surface area contributed by atoms with Crippen molar-refractivity contribution in [3.8, 4) is 0 Å². The van der Waals surface area contributed by atoms with E-state index >= 15 is 0 Å². The van der Waals surface area contributed by atoms with Crippen molar-refractivity contribution in [1.82, 2.24) is 5.01 Å². The average Bonchev–Trinajstić information content (AvgIpc) is 2.85. The fourth-order valence-corrected chi connectivity index (χ4v) is 5.26. The highest BCUT2D eigenvalue weighted by Crippen LogP contribution is 2.49. The molecule has 0 spiro atoms. The fourth-order valence-electron chi connectivity index (χ4n) is 4.04. The number of benzene rings is 1. The molecule has 0 unspecified atom stereocenters. The van der Waals surface area contributed by atoms with E-state index < -0.39 is 0 Å². The van der Waals surface area contributed by atoms with Crippen LogP contribution in [0.5, 0.6) is 0 Å². The van der Waals surface area contributed by atoms with Gasteiger partial charge in [-0.05, 0) is 54.9 Å². The molecule has 2 bridgehead atoms. The predicted octanol–water partition coefficient (Wildman–Crippen LogP) is 4.05. The highest BCUT2D eigenvalue weighted by Gasteiger charge is 2.56. The highest BCUT2D eigenvalue weighted by molar-refractivity contribution is 9.11. The molecule has 2 fully saturated rings. The maximum Gasteiger partial charge on any atom is 0.254 e. The summed E-state index contributed by atoms with van der Waals surface area (Å²) < 4.78 is 1.90. The lowest BCUT2D eigenvalue weighted by molar-refractivity contribution is -0.140. The Morgan fingerprint density at radius 2 is 1.54 bits per heavy atom. The summed E-state index contributed by atoms with van der Waals surface area (Å²) >= 11 is 7.00. The Morgan fingerprint density at radius 1 is 1.04 bits per heavy atom. The summed E-state index contributed by atoms with van der Waals surface area (Å²) in [6, 6.07) is 3.85. The molecule has 6 heteroatoms. The zero-order chi connectivity index (χ0) is 17.0. The SMILES string of the molecule is Cc1c(Br)cc(/C=N\N2C(=O)[C@@H]3[C@@H](C2=O)[C@H]2C=C[C@H]3CC2)cc1Br. The molecule has 0 N–H and O–H groups in total. The van der Waals surface area contributed by atoms with E-state index in [9.17, 15) is 9.59 Å². The van der Waals surface area contributed by atoms with Crippen LogP contribution in [0.3, 0.4) is 0 Å². The van der Waals surface area contributed by atoms with Crippen LogP contribution in [0.2, 0.25) is 0 Å². The molecule has 1 aromatic rings. The molecule has 1 saturated heterocycles. The molecule has 3 aliphatic carbocycles. The van der Waals surface area contributed by atoms with Gasteiger partial charge in [0.25, 0.3) is 11.8 Å². The number of hydrazone groups is 1. The molecular formula is C18H16Br2N2O2. The maximum absolute atomic E-state index is 12.7. The number of carbonyl (C=O) groups excluding carboxylic acids is 2. The lowest BCUT2D eigenvalue weighted by atomic mass is 9.63. The van der Waals surface area contributed by atoms with Crippen LogP contribution in [-0.2, 0) is 9.59 Å². The summed E-state index contributed by atoms with van der Waals surface area (Å²) in [6.07, 6.45) is 7.80. The van der Waals surface area contributed by atoms with E-state index in [0.29, 0.717) is 0 Å². The van der Waals surface area contributed by atoms with Crippen LogP contribution in [-0.4, -0.2) is 23.0 Å². The Labute approximate surface area is 157 Å². The van der Waals surface area contributed by atoms with Gasteiger partial charge in [0.1, 0.15) is 0 Å². The van der Waals surface area contributed by atoms with E-state index in [0.717, 1.165) is 37.9 Å². The molecule has 4 nitrogen and oxygen atoms in total. The van der Waals surface area contributed by atoms with Gasteiger partial charge >= 0.3 is 0 Å². The van der Waals surface area contributed by atoms with E-state index in [4.69, 9.17) is 0 Å². The van der Waals surface area contributed by atoms with Gasteiger partial charge in [-0.15, -0.1) is 0 Å². The molecule has 2 amide bonds. The molecule has 1 saturated carbocycles. The zero-order valence-electron chi connectivity index (χ0n) is 13.1. The standard InChI is InChI=1S/C18H16Br2N2O2/c1-9-13(19)6-10(7-14(9)20)8-21-22-17(23)15-11-2-3-12(5-4-11)16(15)18(22)24/h2-3,6-8,11-12,15-16H,4-5H2,1H3/b21-8-/t11-,12-,15-,16-/m0/s1. The molecule has 24 heavy (non-hydrogen) atoms. The minimum Gasteiger partial charge on any atom is -0.272 e. The van der Waals surface area contributed by atoms with Crippen LogP contribution in [0, 0.1) is 30.6 Å². The monoisotopic (exact) mass is 450 g/mol. The van der Waals surface area contributed by atoms with Gasteiger partial charge in [0.05, 0.1) is 18.1 Å². The van der Waals surface area contributed by atoms with E-state index in [1.165, 1.54) is 0 Å². The second-order valence-corrected chi connectivity index (χ2v) is 8.39. The van der Waals surface area contributed by atoms with E-state index in [1.807, 2.05) is 19.1 Å². The fraction of sp³-hybridized carbons (Fsp3) is 0.389. The van der Waals surface area contributed by atoms with Gasteiger partial charge in [-0.3, -0.25) is 9.59 Å². The van der Waals surface area contributed by atoms with Crippen LogP contribution in [0.25, 0.3) is 0 Å². The Bertz CT molecular complexity index is 747. The van der Waals surface area contributed by atoms with Crippen molar-refractivity contribution < 1.29 is 9.59 Å². The van der Waals surface area contributed by atoms with Gasteiger partial charge in [-0.2, -0.15) is 10.1 Å². The summed E-state index contributed by atoms with van der Waals surface area (Å²) in [5, 5.41) is 5.32. The van der Waals surface area contributed by atoms with Gasteiger partial charge in [-0.1, -0.05) is 44.0 Å². The lowest BCUT2D eigenvalue weighted by Crippen LogP contribution is -2.38. The van der Waals surface area contributed by atoms with Crippen LogP contribution in [0.1, 0.15) is 24.0 Å². The second kappa shape index (κ2) is 5.92. The largest absolute Gasteiger partial charge is 0.272 e. The molecule has 1 aliphatic heterocycles. The van der Waals surface area contributed by atoms with Gasteiger partial charge in [-0.25, -0.2) is 0 Å². The Kier molecular flexibility index (Phi) is 4.00. The second-order valence-electron chi connectivity index (χ2n) is 6.68. The first-order chi connectivity index (χ1) is 11.5. The van der Waals surface area contributed by atoms with Crippen molar-refractivity contribution in [3.05, 3.63) is 44.4 Å². The average molecular weight is 452 g/mol. The minimum atomic E-state index is -0.213. The van der Waals surface area contributed by atoms with Crippen LogP contribution in [0.4, 0.5) is 0 Å². The number of hydrogen-bond acceptors (Lipinski definition) is 3. The number of amides is 2. The molecular weight excluding hydrogens is 436 g/mol. The van der Waals surface area contributed by atoms with E-state index in [2.05, 4.69) is 49.1 Å². The molecule has 4 aliphatic rings. The van der Waals surface area contributed by atoms with E-state index in [-0.39, 0.29) is 35.5 Å². The number of imide groups is 1. The molecule has 1 aromatic carbocycles. The predicted molar refractivity (Wildman–Crippen MR) is 98.4 cm³/mol. The third-order valence-corrected chi connectivity index (χ3v) is 7.01. The number of hydrogen-bond donors (Lipinski definition) is 0. The van der Waals surface area contributed by atoms with E-state index in [1.54, 1.807) is 6.21 Å². The highest BCUT2D eigenvalue weighted by atomic mass is 79.9. The summed E-state index contributed by atoms with van der Waals surface area (Å²) in [5.41, 5.74) is 1.92. The van der Waals surface area contributed by atoms with Crippen molar-refractivity contribution in [2.75, 3.05) is 0 Å². The first-order valence-electron chi connectivity index (χ1n) is 8.03. The summed E-state index contributed by atoms with van der Waals surface area (Å²) in [5.74, 6) is -0.334. The van der Waals surface area contributed by atoms with Gasteiger partial charge in [0.15, 0.2) is 0 Å². The Hall–Kier alpha value is -1.27.